The van der Waals surface area contributed by atoms with E-state index in [9.17, 15) is 22.4 Å². The summed E-state index contributed by atoms with van der Waals surface area (Å²) in [5.74, 6) is -0.973. The highest BCUT2D eigenvalue weighted by Gasteiger charge is 2.33. The van der Waals surface area contributed by atoms with Crippen LogP contribution in [0.1, 0.15) is 16.0 Å². The van der Waals surface area contributed by atoms with Gasteiger partial charge in [-0.3, -0.25) is 4.79 Å². The molecule has 0 radical (unpaired) electrons. The molecule has 0 aliphatic rings. The van der Waals surface area contributed by atoms with Crippen LogP contribution in [0.25, 0.3) is 0 Å². The summed E-state index contributed by atoms with van der Waals surface area (Å²) in [5.41, 5.74) is -1.22. The number of carbonyl (C=O) groups is 1. The third kappa shape index (κ3) is 7.37. The molecule has 1 amide bonds. The molecule has 0 aliphatic heterocycles. The molecule has 0 aliphatic carbocycles. The van der Waals surface area contributed by atoms with Crippen molar-refractivity contribution >= 4 is 23.2 Å². The van der Waals surface area contributed by atoms with Crippen LogP contribution in [-0.2, 0) is 23.9 Å². The van der Waals surface area contributed by atoms with Crippen LogP contribution in [0.2, 0.25) is 0 Å². The SMILES string of the molecule is CN(C)C(=O)CNC(=NCc1ccc(F)cc1C(F)(F)F)NCCc1cccs1. The molecule has 0 fully saturated rings. The molecule has 5 nitrogen and oxygen atoms in total. The Morgan fingerprint density at radius 1 is 1.21 bits per heavy atom. The normalized spacial score (nSPS) is 12.0. The molecule has 1 aromatic carbocycles. The van der Waals surface area contributed by atoms with E-state index in [1.165, 1.54) is 4.90 Å². The molecular weight excluding hydrogens is 408 g/mol. The molecular formula is C19H22F4N4OS. The predicted molar refractivity (Wildman–Crippen MR) is 105 cm³/mol. The fourth-order valence-electron chi connectivity index (χ4n) is 2.37. The molecule has 0 bridgehead atoms. The molecule has 0 saturated carbocycles. The first-order valence-electron chi connectivity index (χ1n) is 8.77. The van der Waals surface area contributed by atoms with E-state index in [1.807, 2.05) is 17.5 Å². The molecule has 2 rings (SSSR count). The molecule has 1 heterocycles. The molecule has 2 aromatic rings. The van der Waals surface area contributed by atoms with Crippen molar-refractivity contribution in [2.45, 2.75) is 19.1 Å². The Balaban J connectivity index is 2.11. The van der Waals surface area contributed by atoms with Crippen molar-refractivity contribution in [3.63, 3.8) is 0 Å². The zero-order valence-electron chi connectivity index (χ0n) is 16.0. The van der Waals surface area contributed by atoms with Crippen molar-refractivity contribution in [1.82, 2.24) is 15.5 Å². The maximum atomic E-state index is 13.3. The smallest absolute Gasteiger partial charge is 0.356 e. The lowest BCUT2D eigenvalue weighted by atomic mass is 10.1. The van der Waals surface area contributed by atoms with E-state index < -0.39 is 17.6 Å². The minimum absolute atomic E-state index is 0.0621. The van der Waals surface area contributed by atoms with E-state index >= 15 is 0 Å². The van der Waals surface area contributed by atoms with Crippen molar-refractivity contribution < 1.29 is 22.4 Å². The van der Waals surface area contributed by atoms with Gasteiger partial charge in [-0.25, -0.2) is 9.38 Å². The average molecular weight is 430 g/mol. The molecule has 0 atom stereocenters. The number of carbonyl (C=O) groups excluding carboxylic acids is 1. The van der Waals surface area contributed by atoms with Gasteiger partial charge in [0, 0.05) is 25.5 Å². The minimum Gasteiger partial charge on any atom is -0.356 e. The molecule has 29 heavy (non-hydrogen) atoms. The summed E-state index contributed by atoms with van der Waals surface area (Å²) < 4.78 is 52.7. The van der Waals surface area contributed by atoms with Crippen molar-refractivity contribution in [1.29, 1.82) is 0 Å². The lowest BCUT2D eigenvalue weighted by molar-refractivity contribution is -0.138. The second-order valence-electron chi connectivity index (χ2n) is 6.36. The number of guanidine groups is 1. The van der Waals surface area contributed by atoms with Crippen LogP contribution >= 0.6 is 11.3 Å². The number of thiophene rings is 1. The molecule has 0 unspecified atom stereocenters. The first-order valence-corrected chi connectivity index (χ1v) is 9.65. The highest BCUT2D eigenvalue weighted by atomic mass is 32.1. The van der Waals surface area contributed by atoms with Gasteiger partial charge in [0.05, 0.1) is 18.7 Å². The molecule has 0 spiro atoms. The number of halogens is 4. The highest BCUT2D eigenvalue weighted by Crippen LogP contribution is 2.32. The number of aliphatic imine (C=N–C) groups is 1. The number of hydrogen-bond acceptors (Lipinski definition) is 3. The number of likely N-dealkylation sites (N-methyl/N-ethyl adjacent to an activating group) is 1. The Hall–Kier alpha value is -2.62. The van der Waals surface area contributed by atoms with Gasteiger partial charge >= 0.3 is 6.18 Å². The fourth-order valence-corrected chi connectivity index (χ4v) is 3.07. The Morgan fingerprint density at radius 2 is 1.97 bits per heavy atom. The first-order chi connectivity index (χ1) is 13.7. The van der Waals surface area contributed by atoms with Gasteiger partial charge in [0.15, 0.2) is 5.96 Å². The maximum Gasteiger partial charge on any atom is 0.416 e. The maximum absolute atomic E-state index is 13.3. The Morgan fingerprint density at radius 3 is 2.59 bits per heavy atom. The molecule has 2 N–H and O–H groups in total. The third-order valence-electron chi connectivity index (χ3n) is 3.93. The Labute approximate surface area is 170 Å². The summed E-state index contributed by atoms with van der Waals surface area (Å²) in [4.78, 5) is 18.5. The van der Waals surface area contributed by atoms with Gasteiger partial charge in [-0.2, -0.15) is 13.2 Å². The summed E-state index contributed by atoms with van der Waals surface area (Å²) >= 11 is 1.59. The van der Waals surface area contributed by atoms with Gasteiger partial charge in [-0.1, -0.05) is 12.1 Å². The van der Waals surface area contributed by atoms with Crippen molar-refractivity contribution in [2.75, 3.05) is 27.2 Å². The monoisotopic (exact) mass is 430 g/mol. The summed E-state index contributed by atoms with van der Waals surface area (Å²) in [7, 11) is 3.19. The number of benzene rings is 1. The first kappa shape index (κ1) is 22.7. The predicted octanol–water partition coefficient (Wildman–Crippen LogP) is 3.27. The van der Waals surface area contributed by atoms with E-state index in [0.29, 0.717) is 19.0 Å². The summed E-state index contributed by atoms with van der Waals surface area (Å²) in [6.07, 6.45) is -3.99. The van der Waals surface area contributed by atoms with Gasteiger partial charge in [0.2, 0.25) is 5.91 Å². The number of nitrogens with one attached hydrogen (secondary N) is 2. The van der Waals surface area contributed by atoms with Crippen LogP contribution in [-0.4, -0.2) is 44.0 Å². The molecule has 10 heteroatoms. The van der Waals surface area contributed by atoms with Crippen molar-refractivity contribution in [3.05, 3.63) is 57.5 Å². The quantitative estimate of drug-likeness (QED) is 0.403. The van der Waals surface area contributed by atoms with Gasteiger partial charge < -0.3 is 15.5 Å². The largest absolute Gasteiger partial charge is 0.416 e. The van der Waals surface area contributed by atoms with Gasteiger partial charge in [-0.15, -0.1) is 11.3 Å². The van der Waals surface area contributed by atoms with Crippen LogP contribution < -0.4 is 10.6 Å². The molecule has 1 aromatic heterocycles. The van der Waals surface area contributed by atoms with E-state index in [1.54, 1.807) is 25.4 Å². The van der Waals surface area contributed by atoms with Crippen molar-refractivity contribution in [3.8, 4) is 0 Å². The standard InChI is InChI=1S/C19H22F4N4OS/c1-27(2)17(28)12-26-18(24-8-7-15-4-3-9-29-15)25-11-13-5-6-14(20)10-16(13)19(21,22)23/h3-6,9-10H,7-8,11-12H2,1-2H3,(H2,24,25,26). The van der Waals surface area contributed by atoms with Crippen LogP contribution in [0.15, 0.2) is 40.7 Å². The summed E-state index contributed by atoms with van der Waals surface area (Å²) in [6.45, 7) is 0.102. The van der Waals surface area contributed by atoms with E-state index in [4.69, 9.17) is 0 Å². The second-order valence-corrected chi connectivity index (χ2v) is 7.39. The minimum atomic E-state index is -4.69. The average Bonchev–Trinajstić information content (AvgIpc) is 3.16. The lowest BCUT2D eigenvalue weighted by Crippen LogP contribution is -2.43. The highest BCUT2D eigenvalue weighted by molar-refractivity contribution is 7.09. The number of nitrogens with zero attached hydrogens (tertiary/aromatic N) is 2. The van der Waals surface area contributed by atoms with Gasteiger partial charge in [0.1, 0.15) is 5.82 Å². The number of amides is 1. The third-order valence-corrected chi connectivity index (χ3v) is 4.87. The van der Waals surface area contributed by atoms with Crippen LogP contribution in [0.4, 0.5) is 17.6 Å². The van der Waals surface area contributed by atoms with Crippen LogP contribution in [0.3, 0.4) is 0 Å². The van der Waals surface area contributed by atoms with E-state index in [2.05, 4.69) is 15.6 Å². The van der Waals surface area contributed by atoms with E-state index in [0.717, 1.165) is 17.0 Å². The van der Waals surface area contributed by atoms with Crippen LogP contribution in [0, 0.1) is 5.82 Å². The number of hydrogen-bond donors (Lipinski definition) is 2. The Bertz CT molecular complexity index is 835. The zero-order chi connectivity index (χ0) is 21.4. The van der Waals surface area contributed by atoms with Gasteiger partial charge in [0.25, 0.3) is 0 Å². The van der Waals surface area contributed by atoms with E-state index in [-0.39, 0.29) is 30.5 Å². The number of alkyl halides is 3. The summed E-state index contributed by atoms with van der Waals surface area (Å²) in [5, 5.41) is 7.78. The lowest BCUT2D eigenvalue weighted by Gasteiger charge is -2.16. The summed E-state index contributed by atoms with van der Waals surface area (Å²) in [6, 6.07) is 6.39. The zero-order valence-corrected chi connectivity index (χ0v) is 16.8. The molecule has 158 valence electrons. The fraction of sp³-hybridized carbons (Fsp3) is 0.368. The second kappa shape index (κ2) is 10.2. The topological polar surface area (TPSA) is 56.7 Å². The van der Waals surface area contributed by atoms with Gasteiger partial charge in [-0.05, 0) is 35.6 Å². The van der Waals surface area contributed by atoms with Crippen molar-refractivity contribution in [2.24, 2.45) is 4.99 Å². The molecule has 0 saturated heterocycles. The number of rotatable bonds is 7. The van der Waals surface area contributed by atoms with Crippen LogP contribution in [0.5, 0.6) is 0 Å². The Kier molecular flexibility index (Phi) is 8.00.